The van der Waals surface area contributed by atoms with Crippen LogP contribution >= 0.6 is 0 Å². The van der Waals surface area contributed by atoms with Crippen molar-refractivity contribution in [3.63, 3.8) is 0 Å². The third kappa shape index (κ3) is 1.89. The van der Waals surface area contributed by atoms with Gasteiger partial charge in [0.2, 0.25) is 11.6 Å². The van der Waals surface area contributed by atoms with Gasteiger partial charge in [0.1, 0.15) is 0 Å². The van der Waals surface area contributed by atoms with E-state index in [-0.39, 0.29) is 11.8 Å². The van der Waals surface area contributed by atoms with Crippen molar-refractivity contribution >= 4 is 27.5 Å². The van der Waals surface area contributed by atoms with Gasteiger partial charge < -0.3 is 0 Å². The molecule has 1 atom stereocenters. The summed E-state index contributed by atoms with van der Waals surface area (Å²) in [6.45, 7) is 3.59. The molecule has 2 nitrogen and oxygen atoms in total. The van der Waals surface area contributed by atoms with E-state index in [1.807, 2.05) is 31.2 Å². The van der Waals surface area contributed by atoms with Crippen LogP contribution in [0.15, 0.2) is 54.7 Å². The Morgan fingerprint density at radius 1 is 1.00 bits per heavy atom. The number of carbonyl (C=O) groups is 1. The van der Waals surface area contributed by atoms with Gasteiger partial charge in [0.05, 0.1) is 5.39 Å². The van der Waals surface area contributed by atoms with Gasteiger partial charge in [0, 0.05) is 30.7 Å². The van der Waals surface area contributed by atoms with Gasteiger partial charge in [-0.2, -0.15) is 4.57 Å². The SMILES string of the molecule is CC(=O)C(C)[n+]1cc2ccccc2c2ccccc21. The van der Waals surface area contributed by atoms with Crippen molar-refractivity contribution in [1.29, 1.82) is 0 Å². The van der Waals surface area contributed by atoms with Crippen LogP contribution in [0, 0.1) is 0 Å². The second kappa shape index (κ2) is 4.47. The molecule has 19 heavy (non-hydrogen) atoms. The smallest absolute Gasteiger partial charge is 0.213 e. The van der Waals surface area contributed by atoms with Gasteiger partial charge in [0.15, 0.2) is 12.0 Å². The average Bonchev–Trinajstić information content (AvgIpc) is 2.45. The summed E-state index contributed by atoms with van der Waals surface area (Å²) in [6.07, 6.45) is 2.07. The molecular formula is C17H16NO+. The van der Waals surface area contributed by atoms with Gasteiger partial charge in [-0.1, -0.05) is 30.3 Å². The molecule has 2 aromatic carbocycles. The molecule has 0 N–H and O–H groups in total. The third-order valence-corrected chi connectivity index (χ3v) is 3.72. The highest BCUT2D eigenvalue weighted by Gasteiger charge is 2.22. The highest BCUT2D eigenvalue weighted by atomic mass is 16.1. The zero-order valence-electron chi connectivity index (χ0n) is 11.1. The number of nitrogens with zero attached hydrogens (tertiary/aromatic N) is 1. The Kier molecular flexibility index (Phi) is 2.79. The van der Waals surface area contributed by atoms with Crippen LogP contribution in [0.3, 0.4) is 0 Å². The maximum absolute atomic E-state index is 11.7. The van der Waals surface area contributed by atoms with Crippen LogP contribution in [0.4, 0.5) is 0 Å². The fourth-order valence-corrected chi connectivity index (χ4v) is 2.52. The van der Waals surface area contributed by atoms with Crippen LogP contribution in [0.1, 0.15) is 19.9 Å². The Balaban J connectivity index is 2.45. The molecule has 0 radical (unpaired) electrons. The maximum atomic E-state index is 11.7. The average molecular weight is 250 g/mol. The van der Waals surface area contributed by atoms with Gasteiger partial charge >= 0.3 is 0 Å². The van der Waals surface area contributed by atoms with E-state index >= 15 is 0 Å². The van der Waals surface area contributed by atoms with Gasteiger partial charge in [-0.3, -0.25) is 4.79 Å². The Morgan fingerprint density at radius 2 is 1.63 bits per heavy atom. The highest BCUT2D eigenvalue weighted by Crippen LogP contribution is 2.23. The van der Waals surface area contributed by atoms with Crippen LogP contribution in [0.5, 0.6) is 0 Å². The first-order chi connectivity index (χ1) is 9.18. The quantitative estimate of drug-likeness (QED) is 0.504. The van der Waals surface area contributed by atoms with Crippen LogP contribution < -0.4 is 4.57 Å². The summed E-state index contributed by atoms with van der Waals surface area (Å²) >= 11 is 0. The molecule has 0 aliphatic rings. The predicted octanol–water partition coefficient (Wildman–Crippen LogP) is 3.43. The molecule has 1 unspecified atom stereocenters. The fourth-order valence-electron chi connectivity index (χ4n) is 2.52. The summed E-state index contributed by atoms with van der Waals surface area (Å²) in [5, 5.41) is 3.58. The summed E-state index contributed by atoms with van der Waals surface area (Å²) in [4.78, 5) is 11.7. The molecule has 2 heteroatoms. The van der Waals surface area contributed by atoms with Crippen molar-refractivity contribution < 1.29 is 9.36 Å². The number of aromatic nitrogens is 1. The first kappa shape index (κ1) is 11.8. The Hall–Kier alpha value is -2.22. The lowest BCUT2D eigenvalue weighted by atomic mass is 10.1. The number of hydrogen-bond donors (Lipinski definition) is 0. The first-order valence-corrected chi connectivity index (χ1v) is 6.50. The Morgan fingerprint density at radius 3 is 2.37 bits per heavy atom. The maximum Gasteiger partial charge on any atom is 0.213 e. The molecule has 0 spiro atoms. The van der Waals surface area contributed by atoms with Crippen molar-refractivity contribution in [2.24, 2.45) is 0 Å². The Labute approximate surface area is 112 Å². The topological polar surface area (TPSA) is 20.9 Å². The highest BCUT2D eigenvalue weighted by molar-refractivity contribution is 6.03. The molecule has 0 saturated heterocycles. The van der Waals surface area contributed by atoms with Gasteiger partial charge in [-0.05, 0) is 12.1 Å². The molecule has 3 aromatic rings. The van der Waals surface area contributed by atoms with Gasteiger partial charge in [-0.15, -0.1) is 0 Å². The molecular weight excluding hydrogens is 234 g/mol. The van der Waals surface area contributed by atoms with E-state index in [2.05, 4.69) is 35.0 Å². The van der Waals surface area contributed by atoms with Crippen molar-refractivity contribution in [1.82, 2.24) is 0 Å². The number of hydrogen-bond acceptors (Lipinski definition) is 1. The number of Topliss-reactive ketones (excluding diaryl/α,β-unsaturated/α-hetero) is 1. The van der Waals surface area contributed by atoms with E-state index in [4.69, 9.17) is 0 Å². The third-order valence-electron chi connectivity index (χ3n) is 3.72. The lowest BCUT2D eigenvalue weighted by Gasteiger charge is -2.08. The van der Waals surface area contributed by atoms with Crippen molar-refractivity contribution in [3.8, 4) is 0 Å². The molecule has 1 aromatic heterocycles. The minimum atomic E-state index is -0.144. The predicted molar refractivity (Wildman–Crippen MR) is 77.0 cm³/mol. The zero-order chi connectivity index (χ0) is 13.4. The normalized spacial score (nSPS) is 12.7. The molecule has 1 heterocycles. The number of para-hydroxylation sites is 1. The number of pyridine rings is 1. The summed E-state index contributed by atoms with van der Waals surface area (Å²) in [6, 6.07) is 16.4. The minimum absolute atomic E-state index is 0.144. The van der Waals surface area contributed by atoms with Gasteiger partial charge in [-0.25, -0.2) is 0 Å². The van der Waals surface area contributed by atoms with E-state index in [0.717, 1.165) is 10.9 Å². The number of carbonyl (C=O) groups excluding carboxylic acids is 1. The number of fused-ring (bicyclic) bond motifs is 3. The van der Waals surface area contributed by atoms with Crippen molar-refractivity contribution in [2.45, 2.75) is 19.9 Å². The molecule has 0 saturated carbocycles. The largest absolute Gasteiger partial charge is 0.293 e. The van der Waals surface area contributed by atoms with Crippen LogP contribution in [0.25, 0.3) is 21.7 Å². The molecule has 0 aliphatic carbocycles. The van der Waals surface area contributed by atoms with Gasteiger partial charge in [0.25, 0.3) is 0 Å². The number of ketones is 1. The second-order valence-electron chi connectivity index (χ2n) is 4.93. The minimum Gasteiger partial charge on any atom is -0.293 e. The lowest BCUT2D eigenvalue weighted by Crippen LogP contribution is -2.41. The molecule has 0 bridgehead atoms. The van der Waals surface area contributed by atoms with E-state index in [9.17, 15) is 4.79 Å². The summed E-state index contributed by atoms with van der Waals surface area (Å²) in [5.74, 6) is 0.172. The van der Waals surface area contributed by atoms with Crippen LogP contribution in [0.2, 0.25) is 0 Å². The van der Waals surface area contributed by atoms with Crippen molar-refractivity contribution in [3.05, 3.63) is 54.7 Å². The monoisotopic (exact) mass is 250 g/mol. The molecule has 0 aliphatic heterocycles. The van der Waals surface area contributed by atoms with Crippen LogP contribution in [-0.2, 0) is 4.79 Å². The first-order valence-electron chi connectivity index (χ1n) is 6.50. The molecule has 3 rings (SSSR count). The zero-order valence-corrected chi connectivity index (χ0v) is 11.1. The summed E-state index contributed by atoms with van der Waals surface area (Å²) in [5.41, 5.74) is 1.10. The van der Waals surface area contributed by atoms with Crippen molar-refractivity contribution in [2.75, 3.05) is 0 Å². The van der Waals surface area contributed by atoms with E-state index < -0.39 is 0 Å². The molecule has 0 fully saturated rings. The fraction of sp³-hybridized carbons (Fsp3) is 0.176. The number of benzene rings is 2. The summed E-state index contributed by atoms with van der Waals surface area (Å²) < 4.78 is 2.07. The van der Waals surface area contributed by atoms with E-state index in [1.165, 1.54) is 10.8 Å². The van der Waals surface area contributed by atoms with E-state index in [1.54, 1.807) is 6.92 Å². The summed E-state index contributed by atoms with van der Waals surface area (Å²) in [7, 11) is 0. The number of rotatable bonds is 2. The standard InChI is InChI=1S/C17H16NO/c1-12(13(2)19)18-11-14-7-3-4-8-15(14)16-9-5-6-10-17(16)18/h3-12H,1-2H3/q+1. The van der Waals surface area contributed by atoms with Crippen LogP contribution in [-0.4, -0.2) is 5.78 Å². The molecule has 94 valence electrons. The Bertz CT molecular complexity index is 776. The molecule has 0 amide bonds. The second-order valence-corrected chi connectivity index (χ2v) is 4.93. The lowest BCUT2D eigenvalue weighted by molar-refractivity contribution is -0.679. The van der Waals surface area contributed by atoms with E-state index in [0.29, 0.717) is 0 Å².